The molecule has 0 aromatic carbocycles. The molecule has 1 aromatic heterocycles. The number of thiophene rings is 1. The van der Waals surface area contributed by atoms with Gasteiger partial charge in [-0.05, 0) is 24.3 Å². The van der Waals surface area contributed by atoms with E-state index in [2.05, 4.69) is 0 Å². The maximum atomic E-state index is 12.1. The van der Waals surface area contributed by atoms with E-state index in [9.17, 15) is 9.59 Å². The van der Waals surface area contributed by atoms with Crippen LogP contribution in [-0.4, -0.2) is 18.4 Å². The molecule has 0 amide bonds. The van der Waals surface area contributed by atoms with Crippen LogP contribution in [0, 0.1) is 11.8 Å². The molecule has 0 radical (unpaired) electrons. The summed E-state index contributed by atoms with van der Waals surface area (Å²) < 4.78 is 4.93. The molecule has 0 saturated heterocycles. The lowest BCUT2D eigenvalue weighted by molar-refractivity contribution is -0.147. The quantitative estimate of drug-likeness (QED) is 0.451. The molecule has 0 fully saturated rings. The Morgan fingerprint density at radius 2 is 2.12 bits per heavy atom. The number of ketones is 1. The van der Waals surface area contributed by atoms with Crippen LogP contribution in [0.3, 0.4) is 0 Å². The average molecular weight is 240 g/mol. The van der Waals surface area contributed by atoms with Crippen molar-refractivity contribution >= 4 is 23.1 Å². The van der Waals surface area contributed by atoms with Crippen LogP contribution in [0.15, 0.2) is 16.8 Å². The molecule has 4 heteroatoms. The summed E-state index contributed by atoms with van der Waals surface area (Å²) in [5.41, 5.74) is 0.594. The van der Waals surface area contributed by atoms with Crippen molar-refractivity contribution in [3.8, 4) is 0 Å². The van der Waals surface area contributed by atoms with Crippen molar-refractivity contribution in [3.63, 3.8) is 0 Å². The molecule has 0 aliphatic rings. The van der Waals surface area contributed by atoms with Crippen LogP contribution >= 0.6 is 11.3 Å². The average Bonchev–Trinajstić information content (AvgIpc) is 2.70. The Balaban J connectivity index is 2.86. The van der Waals surface area contributed by atoms with E-state index in [1.54, 1.807) is 18.4 Å². The van der Waals surface area contributed by atoms with E-state index in [0.29, 0.717) is 12.2 Å². The summed E-state index contributed by atoms with van der Waals surface area (Å²) in [6, 6.07) is 1.74. The molecule has 88 valence electrons. The molecule has 1 rings (SSSR count). The molecule has 0 aliphatic heterocycles. The third-order valence-electron chi connectivity index (χ3n) is 2.30. The summed E-state index contributed by atoms with van der Waals surface area (Å²) in [5, 5.41) is 3.59. The standard InChI is InChI=1S/C12H16O3S/c1-4-15-12(14)10(8(2)3)11(13)9-5-6-16-7-9/h5-8,10H,4H2,1-3H3. The minimum atomic E-state index is -0.686. The molecule has 1 unspecified atom stereocenters. The Morgan fingerprint density at radius 3 is 2.56 bits per heavy atom. The summed E-state index contributed by atoms with van der Waals surface area (Å²) in [6.45, 7) is 5.75. The zero-order valence-electron chi connectivity index (χ0n) is 9.73. The molecule has 1 aromatic rings. The Labute approximate surface area is 99.4 Å². The van der Waals surface area contributed by atoms with Crippen LogP contribution in [0.4, 0.5) is 0 Å². The lowest BCUT2D eigenvalue weighted by Gasteiger charge is -2.17. The minimum absolute atomic E-state index is 0.0496. The Hall–Kier alpha value is -1.16. The highest BCUT2D eigenvalue weighted by atomic mass is 32.1. The smallest absolute Gasteiger partial charge is 0.317 e. The van der Waals surface area contributed by atoms with Gasteiger partial charge in [-0.1, -0.05) is 13.8 Å². The second-order valence-electron chi connectivity index (χ2n) is 3.85. The molecule has 0 saturated carbocycles. The van der Waals surface area contributed by atoms with Crippen LogP contribution in [0.5, 0.6) is 0 Å². The molecule has 3 nitrogen and oxygen atoms in total. The van der Waals surface area contributed by atoms with Gasteiger partial charge in [0.2, 0.25) is 0 Å². The van der Waals surface area contributed by atoms with E-state index in [4.69, 9.17) is 4.74 Å². The van der Waals surface area contributed by atoms with Crippen molar-refractivity contribution in [2.24, 2.45) is 11.8 Å². The summed E-state index contributed by atoms with van der Waals surface area (Å²) in [4.78, 5) is 23.8. The minimum Gasteiger partial charge on any atom is -0.465 e. The molecular weight excluding hydrogens is 224 g/mol. The van der Waals surface area contributed by atoms with E-state index < -0.39 is 11.9 Å². The number of ether oxygens (including phenoxy) is 1. The number of carbonyl (C=O) groups excluding carboxylic acids is 2. The molecule has 0 spiro atoms. The lowest BCUT2D eigenvalue weighted by atomic mass is 9.89. The van der Waals surface area contributed by atoms with Gasteiger partial charge >= 0.3 is 5.97 Å². The zero-order valence-corrected chi connectivity index (χ0v) is 10.5. The molecule has 0 bridgehead atoms. The van der Waals surface area contributed by atoms with Gasteiger partial charge in [-0.2, -0.15) is 11.3 Å². The predicted octanol–water partition coefficient (Wildman–Crippen LogP) is 2.77. The van der Waals surface area contributed by atoms with Gasteiger partial charge in [-0.25, -0.2) is 0 Å². The van der Waals surface area contributed by atoms with Gasteiger partial charge in [0.15, 0.2) is 5.78 Å². The molecule has 0 aliphatic carbocycles. The van der Waals surface area contributed by atoms with E-state index in [1.807, 2.05) is 19.2 Å². The number of hydrogen-bond acceptors (Lipinski definition) is 4. The lowest BCUT2D eigenvalue weighted by Crippen LogP contribution is -2.30. The first-order chi connectivity index (χ1) is 7.57. The number of esters is 1. The first kappa shape index (κ1) is 12.9. The van der Waals surface area contributed by atoms with Gasteiger partial charge in [0, 0.05) is 10.9 Å². The fraction of sp³-hybridized carbons (Fsp3) is 0.500. The van der Waals surface area contributed by atoms with Gasteiger partial charge in [0.05, 0.1) is 6.61 Å². The summed E-state index contributed by atoms with van der Waals surface area (Å²) in [7, 11) is 0. The topological polar surface area (TPSA) is 43.4 Å². The normalized spacial score (nSPS) is 12.5. The Morgan fingerprint density at radius 1 is 1.44 bits per heavy atom. The van der Waals surface area contributed by atoms with Crippen molar-refractivity contribution in [1.29, 1.82) is 0 Å². The maximum Gasteiger partial charge on any atom is 0.317 e. The predicted molar refractivity (Wildman–Crippen MR) is 63.6 cm³/mol. The van der Waals surface area contributed by atoms with Crippen molar-refractivity contribution in [2.75, 3.05) is 6.61 Å². The molecular formula is C12H16O3S. The molecule has 1 atom stereocenters. The van der Waals surface area contributed by atoms with Crippen molar-refractivity contribution in [2.45, 2.75) is 20.8 Å². The molecule has 1 heterocycles. The fourth-order valence-electron chi connectivity index (χ4n) is 1.50. The van der Waals surface area contributed by atoms with Gasteiger partial charge in [0.1, 0.15) is 5.92 Å². The SMILES string of the molecule is CCOC(=O)C(C(=O)c1ccsc1)C(C)C. The van der Waals surface area contributed by atoms with E-state index in [-0.39, 0.29) is 11.7 Å². The van der Waals surface area contributed by atoms with E-state index in [0.717, 1.165) is 0 Å². The first-order valence-electron chi connectivity index (χ1n) is 5.31. The second-order valence-corrected chi connectivity index (χ2v) is 4.63. The highest BCUT2D eigenvalue weighted by molar-refractivity contribution is 7.08. The largest absolute Gasteiger partial charge is 0.465 e. The zero-order chi connectivity index (χ0) is 12.1. The highest BCUT2D eigenvalue weighted by Gasteiger charge is 2.31. The number of rotatable bonds is 5. The summed E-state index contributed by atoms with van der Waals surface area (Å²) in [5.74, 6) is -1.30. The van der Waals surface area contributed by atoms with Gasteiger partial charge in [-0.3, -0.25) is 9.59 Å². The maximum absolute atomic E-state index is 12.1. The van der Waals surface area contributed by atoms with Crippen LogP contribution in [-0.2, 0) is 9.53 Å². The first-order valence-corrected chi connectivity index (χ1v) is 6.25. The van der Waals surface area contributed by atoms with Crippen LogP contribution in [0.25, 0.3) is 0 Å². The van der Waals surface area contributed by atoms with Gasteiger partial charge < -0.3 is 4.74 Å². The number of carbonyl (C=O) groups is 2. The van der Waals surface area contributed by atoms with Gasteiger partial charge in [-0.15, -0.1) is 0 Å². The summed E-state index contributed by atoms with van der Waals surface area (Å²) in [6.07, 6.45) is 0. The van der Waals surface area contributed by atoms with Crippen LogP contribution < -0.4 is 0 Å². The van der Waals surface area contributed by atoms with Gasteiger partial charge in [0.25, 0.3) is 0 Å². The van der Waals surface area contributed by atoms with E-state index >= 15 is 0 Å². The third kappa shape index (κ3) is 2.92. The van der Waals surface area contributed by atoms with Crippen molar-refractivity contribution < 1.29 is 14.3 Å². The number of Topliss-reactive ketones (excluding diaryl/α,β-unsaturated/α-hetero) is 1. The molecule has 0 N–H and O–H groups in total. The highest BCUT2D eigenvalue weighted by Crippen LogP contribution is 2.20. The Kier molecular flexibility index (Phi) is 4.68. The summed E-state index contributed by atoms with van der Waals surface area (Å²) >= 11 is 1.45. The second kappa shape index (κ2) is 5.80. The molecule has 16 heavy (non-hydrogen) atoms. The fourth-order valence-corrected chi connectivity index (χ4v) is 2.14. The Bertz CT molecular complexity index is 354. The third-order valence-corrected chi connectivity index (χ3v) is 2.98. The van der Waals surface area contributed by atoms with Crippen molar-refractivity contribution in [1.82, 2.24) is 0 Å². The van der Waals surface area contributed by atoms with E-state index in [1.165, 1.54) is 11.3 Å². The van der Waals surface area contributed by atoms with Crippen LogP contribution in [0.1, 0.15) is 31.1 Å². The van der Waals surface area contributed by atoms with Crippen molar-refractivity contribution in [3.05, 3.63) is 22.4 Å². The number of hydrogen-bond donors (Lipinski definition) is 0. The van der Waals surface area contributed by atoms with Crippen LogP contribution in [0.2, 0.25) is 0 Å². The monoisotopic (exact) mass is 240 g/mol.